The summed E-state index contributed by atoms with van der Waals surface area (Å²) in [6.07, 6.45) is -0.0249. The zero-order chi connectivity index (χ0) is 21.1. The first kappa shape index (κ1) is 22.1. The molecule has 2 aromatic rings. The molecule has 0 radical (unpaired) electrons. The van der Waals surface area contributed by atoms with Gasteiger partial charge in [0.05, 0.1) is 13.7 Å². The first-order valence-electron chi connectivity index (χ1n) is 9.62. The molecular weight excluding hydrogens is 368 g/mol. The number of methoxy groups -OCH3 is 1. The lowest BCUT2D eigenvalue weighted by molar-refractivity contribution is 0.0954. The first-order chi connectivity index (χ1) is 14.0. The summed E-state index contributed by atoms with van der Waals surface area (Å²) in [4.78, 5) is 16.4. The Balaban J connectivity index is 1.68. The average molecular weight is 399 g/mol. The Kier molecular flexibility index (Phi) is 8.82. The molecule has 0 aliphatic rings. The molecule has 2 rings (SSSR count). The van der Waals surface area contributed by atoms with Crippen LogP contribution in [0.25, 0.3) is 0 Å². The van der Waals surface area contributed by atoms with Crippen LogP contribution in [0.5, 0.6) is 11.5 Å². The number of nitrogens with one attached hydrogen (secondary N) is 3. The Morgan fingerprint density at radius 1 is 1.03 bits per heavy atom. The average Bonchev–Trinajstić information content (AvgIpc) is 2.73. The van der Waals surface area contributed by atoms with Crippen molar-refractivity contribution in [1.82, 2.24) is 16.0 Å². The van der Waals surface area contributed by atoms with E-state index in [0.717, 1.165) is 11.3 Å². The smallest absolute Gasteiger partial charge is 0.251 e. The highest BCUT2D eigenvalue weighted by molar-refractivity contribution is 5.94. The minimum Gasteiger partial charge on any atom is -0.497 e. The van der Waals surface area contributed by atoms with Crippen LogP contribution in [0.4, 0.5) is 0 Å². The van der Waals surface area contributed by atoms with E-state index >= 15 is 0 Å². The third kappa shape index (κ3) is 7.73. The maximum atomic E-state index is 12.2. The van der Waals surface area contributed by atoms with Crippen LogP contribution < -0.4 is 25.4 Å². The Bertz CT molecular complexity index is 823. The van der Waals surface area contributed by atoms with Crippen LogP contribution in [0, 0.1) is 6.92 Å². The second kappa shape index (κ2) is 11.6. The molecule has 0 saturated heterocycles. The number of guanidine groups is 1. The van der Waals surface area contributed by atoms with E-state index in [1.165, 1.54) is 0 Å². The fraction of sp³-hybridized carbons (Fsp3) is 0.364. The lowest BCUT2D eigenvalue weighted by Gasteiger charge is -2.18. The number of amides is 1. The van der Waals surface area contributed by atoms with Crippen LogP contribution >= 0.6 is 0 Å². The number of hydrogen-bond donors (Lipinski definition) is 3. The van der Waals surface area contributed by atoms with Gasteiger partial charge in [0.15, 0.2) is 5.96 Å². The summed E-state index contributed by atoms with van der Waals surface area (Å²) in [5.41, 5.74) is 1.73. The van der Waals surface area contributed by atoms with Gasteiger partial charge in [-0.2, -0.15) is 0 Å². The maximum Gasteiger partial charge on any atom is 0.251 e. The molecule has 29 heavy (non-hydrogen) atoms. The van der Waals surface area contributed by atoms with E-state index in [-0.39, 0.29) is 12.0 Å². The Labute approximate surface area is 172 Å². The van der Waals surface area contributed by atoms with E-state index in [1.807, 2.05) is 38.1 Å². The van der Waals surface area contributed by atoms with Crippen molar-refractivity contribution < 1.29 is 14.3 Å². The molecule has 0 bridgehead atoms. The summed E-state index contributed by atoms with van der Waals surface area (Å²) in [5.74, 6) is 2.01. The zero-order valence-corrected chi connectivity index (χ0v) is 17.5. The summed E-state index contributed by atoms with van der Waals surface area (Å²) in [6.45, 7) is 5.64. The highest BCUT2D eigenvalue weighted by atomic mass is 16.5. The highest BCUT2D eigenvalue weighted by Crippen LogP contribution is 2.14. The van der Waals surface area contributed by atoms with Gasteiger partial charge < -0.3 is 25.4 Å². The van der Waals surface area contributed by atoms with Crippen molar-refractivity contribution in [1.29, 1.82) is 0 Å². The van der Waals surface area contributed by atoms with Crippen molar-refractivity contribution in [2.24, 2.45) is 4.99 Å². The number of nitrogens with zero attached hydrogens (tertiary/aromatic N) is 1. The van der Waals surface area contributed by atoms with Crippen LogP contribution in [0.1, 0.15) is 22.8 Å². The van der Waals surface area contributed by atoms with Crippen LogP contribution in [-0.2, 0) is 0 Å². The molecule has 1 atom stereocenters. The molecule has 0 spiro atoms. The van der Waals surface area contributed by atoms with Crippen molar-refractivity contribution in [2.75, 3.05) is 33.8 Å². The molecule has 0 aliphatic carbocycles. The molecule has 7 nitrogen and oxygen atoms in total. The zero-order valence-electron chi connectivity index (χ0n) is 17.5. The van der Waals surface area contributed by atoms with Crippen molar-refractivity contribution in [3.63, 3.8) is 0 Å². The molecule has 0 aliphatic heterocycles. The number of benzene rings is 2. The van der Waals surface area contributed by atoms with Crippen LogP contribution in [0.2, 0.25) is 0 Å². The standard InChI is InChI=1S/C22H30N4O3/c1-16-7-5-10-20(13-16)29-17(2)15-26-22(23-3)25-12-11-24-21(27)18-8-6-9-19(14-18)28-4/h5-10,13-14,17H,11-12,15H2,1-4H3,(H,24,27)(H2,23,25,26). The van der Waals surface area contributed by atoms with Crippen LogP contribution in [0.15, 0.2) is 53.5 Å². The summed E-state index contributed by atoms with van der Waals surface area (Å²) in [6, 6.07) is 15.0. The van der Waals surface area contributed by atoms with Gasteiger partial charge in [-0.25, -0.2) is 0 Å². The summed E-state index contributed by atoms with van der Waals surface area (Å²) >= 11 is 0. The first-order valence-corrected chi connectivity index (χ1v) is 9.62. The summed E-state index contributed by atoms with van der Waals surface area (Å²) in [5, 5.41) is 9.26. The number of hydrogen-bond acceptors (Lipinski definition) is 4. The quantitative estimate of drug-likeness (QED) is 0.343. The molecule has 0 heterocycles. The minimum absolute atomic E-state index is 0.0249. The number of aliphatic imine (C=N–C) groups is 1. The predicted molar refractivity (Wildman–Crippen MR) is 116 cm³/mol. The molecular formula is C22H30N4O3. The normalized spacial score (nSPS) is 12.1. The van der Waals surface area contributed by atoms with E-state index in [1.54, 1.807) is 38.4 Å². The van der Waals surface area contributed by atoms with Gasteiger partial charge in [-0.05, 0) is 49.7 Å². The van der Waals surface area contributed by atoms with E-state index in [2.05, 4.69) is 20.9 Å². The molecule has 156 valence electrons. The van der Waals surface area contributed by atoms with Gasteiger partial charge in [-0.15, -0.1) is 0 Å². The fourth-order valence-electron chi connectivity index (χ4n) is 2.65. The monoisotopic (exact) mass is 398 g/mol. The van der Waals surface area contributed by atoms with Crippen molar-refractivity contribution in [2.45, 2.75) is 20.0 Å². The number of carbonyl (C=O) groups is 1. The van der Waals surface area contributed by atoms with Gasteiger partial charge >= 0.3 is 0 Å². The van der Waals surface area contributed by atoms with Gasteiger partial charge in [0.2, 0.25) is 0 Å². The SMILES string of the molecule is CN=C(NCCNC(=O)c1cccc(OC)c1)NCC(C)Oc1cccc(C)c1. The second-order valence-corrected chi connectivity index (χ2v) is 6.61. The van der Waals surface area contributed by atoms with Gasteiger partial charge in [0, 0.05) is 25.7 Å². The lowest BCUT2D eigenvalue weighted by atomic mass is 10.2. The molecule has 1 amide bonds. The maximum absolute atomic E-state index is 12.2. The Hall–Kier alpha value is -3.22. The minimum atomic E-state index is -0.145. The van der Waals surface area contributed by atoms with E-state index in [9.17, 15) is 4.79 Å². The van der Waals surface area contributed by atoms with Crippen molar-refractivity contribution in [3.8, 4) is 11.5 Å². The number of carbonyl (C=O) groups excluding carboxylic acids is 1. The Morgan fingerprint density at radius 3 is 2.48 bits per heavy atom. The third-order valence-electron chi connectivity index (χ3n) is 4.14. The van der Waals surface area contributed by atoms with Crippen molar-refractivity contribution in [3.05, 3.63) is 59.7 Å². The number of aryl methyl sites for hydroxylation is 1. The largest absolute Gasteiger partial charge is 0.497 e. The molecule has 0 saturated carbocycles. The van der Waals surface area contributed by atoms with Crippen molar-refractivity contribution >= 4 is 11.9 Å². The fourth-order valence-corrected chi connectivity index (χ4v) is 2.65. The van der Waals surface area contributed by atoms with Gasteiger partial charge in [-0.1, -0.05) is 18.2 Å². The summed E-state index contributed by atoms with van der Waals surface area (Å²) < 4.78 is 11.0. The van der Waals surface area contributed by atoms with Gasteiger partial charge in [0.1, 0.15) is 17.6 Å². The molecule has 1 unspecified atom stereocenters. The molecule has 0 fully saturated rings. The predicted octanol–water partition coefficient (Wildman–Crippen LogP) is 2.37. The summed E-state index contributed by atoms with van der Waals surface area (Å²) in [7, 11) is 3.28. The van der Waals surface area contributed by atoms with E-state index < -0.39 is 0 Å². The lowest BCUT2D eigenvalue weighted by Crippen LogP contribution is -2.44. The number of ether oxygens (including phenoxy) is 2. The highest BCUT2D eigenvalue weighted by Gasteiger charge is 2.07. The molecule has 7 heteroatoms. The van der Waals surface area contributed by atoms with Crippen LogP contribution in [-0.4, -0.2) is 51.8 Å². The Morgan fingerprint density at radius 2 is 1.76 bits per heavy atom. The topological polar surface area (TPSA) is 84.0 Å². The molecule has 2 aromatic carbocycles. The van der Waals surface area contributed by atoms with Gasteiger partial charge in [-0.3, -0.25) is 9.79 Å². The molecule has 3 N–H and O–H groups in total. The second-order valence-electron chi connectivity index (χ2n) is 6.61. The van der Waals surface area contributed by atoms with E-state index in [4.69, 9.17) is 9.47 Å². The van der Waals surface area contributed by atoms with Gasteiger partial charge in [0.25, 0.3) is 5.91 Å². The number of rotatable bonds is 9. The third-order valence-corrected chi connectivity index (χ3v) is 4.14. The molecule has 0 aromatic heterocycles. The van der Waals surface area contributed by atoms with E-state index in [0.29, 0.717) is 36.9 Å². The van der Waals surface area contributed by atoms with Crippen LogP contribution in [0.3, 0.4) is 0 Å².